The first kappa shape index (κ1) is 13.4. The summed E-state index contributed by atoms with van der Waals surface area (Å²) in [5.74, 6) is -0.857. The van der Waals surface area contributed by atoms with Crippen LogP contribution in [0.15, 0.2) is 30.5 Å². The van der Waals surface area contributed by atoms with E-state index >= 15 is 0 Å². The summed E-state index contributed by atoms with van der Waals surface area (Å²) in [6.07, 6.45) is 2.01. The Morgan fingerprint density at radius 3 is 3.05 bits per heavy atom. The maximum Gasteiger partial charge on any atom is 0.253 e. The van der Waals surface area contributed by atoms with Crippen molar-refractivity contribution in [3.63, 3.8) is 0 Å². The Bertz CT molecular complexity index is 601. The topological polar surface area (TPSA) is 62.2 Å². The Morgan fingerprint density at radius 1 is 1.53 bits per heavy atom. The van der Waals surface area contributed by atoms with Gasteiger partial charge in [0.05, 0.1) is 11.1 Å². The molecule has 1 unspecified atom stereocenters. The largest absolute Gasteiger partial charge is 0.396 e. The van der Waals surface area contributed by atoms with Crippen molar-refractivity contribution in [2.45, 2.75) is 19.4 Å². The van der Waals surface area contributed by atoms with Gasteiger partial charge in [-0.1, -0.05) is 6.07 Å². The summed E-state index contributed by atoms with van der Waals surface area (Å²) in [5, 5.41) is 12.1. The molecule has 0 saturated heterocycles. The van der Waals surface area contributed by atoms with Gasteiger partial charge in [0.15, 0.2) is 0 Å². The molecule has 1 aromatic carbocycles. The van der Waals surface area contributed by atoms with Crippen molar-refractivity contribution in [2.24, 2.45) is 0 Å². The third-order valence-electron chi connectivity index (χ3n) is 2.85. The molecule has 0 saturated carbocycles. The van der Waals surface area contributed by atoms with Crippen LogP contribution < -0.4 is 5.32 Å². The Hall–Kier alpha value is -2.01. The number of aromatic nitrogens is 1. The van der Waals surface area contributed by atoms with E-state index in [-0.39, 0.29) is 24.1 Å². The van der Waals surface area contributed by atoms with E-state index in [1.807, 2.05) is 0 Å². The minimum absolute atomic E-state index is 0.0103. The van der Waals surface area contributed by atoms with Crippen LogP contribution in [-0.4, -0.2) is 28.6 Å². The zero-order valence-corrected chi connectivity index (χ0v) is 10.6. The van der Waals surface area contributed by atoms with E-state index in [1.54, 1.807) is 25.3 Å². The van der Waals surface area contributed by atoms with Crippen LogP contribution in [0.3, 0.4) is 0 Å². The molecule has 0 aliphatic rings. The highest BCUT2D eigenvalue weighted by Gasteiger charge is 2.14. The molecule has 0 aliphatic carbocycles. The molecular weight excluding hydrogens is 247 g/mol. The molecule has 4 nitrogen and oxygen atoms in total. The van der Waals surface area contributed by atoms with E-state index in [4.69, 9.17) is 5.11 Å². The van der Waals surface area contributed by atoms with Crippen LogP contribution in [0, 0.1) is 5.82 Å². The quantitative estimate of drug-likeness (QED) is 0.884. The highest BCUT2D eigenvalue weighted by molar-refractivity contribution is 6.05. The molecule has 1 amide bonds. The van der Waals surface area contributed by atoms with Crippen molar-refractivity contribution in [1.29, 1.82) is 0 Å². The van der Waals surface area contributed by atoms with Gasteiger partial charge in [-0.25, -0.2) is 4.39 Å². The summed E-state index contributed by atoms with van der Waals surface area (Å²) in [5.41, 5.74) is 0.679. The third kappa shape index (κ3) is 3.06. The molecule has 0 fully saturated rings. The zero-order chi connectivity index (χ0) is 13.8. The number of benzene rings is 1. The number of aliphatic hydroxyl groups is 1. The minimum atomic E-state index is -0.472. The first-order valence-corrected chi connectivity index (χ1v) is 6.08. The van der Waals surface area contributed by atoms with E-state index in [0.29, 0.717) is 17.3 Å². The maximum absolute atomic E-state index is 13.5. The lowest BCUT2D eigenvalue weighted by Crippen LogP contribution is -2.33. The average molecular weight is 262 g/mol. The first-order valence-electron chi connectivity index (χ1n) is 6.08. The van der Waals surface area contributed by atoms with Crippen LogP contribution in [0.5, 0.6) is 0 Å². The predicted molar refractivity (Wildman–Crippen MR) is 70.3 cm³/mol. The molecule has 1 heterocycles. The Balaban J connectivity index is 2.36. The molecule has 19 heavy (non-hydrogen) atoms. The number of fused-ring (bicyclic) bond motifs is 1. The number of hydrogen-bond donors (Lipinski definition) is 2. The molecule has 1 atom stereocenters. The van der Waals surface area contributed by atoms with Crippen LogP contribution in [0.1, 0.15) is 23.7 Å². The van der Waals surface area contributed by atoms with Crippen LogP contribution >= 0.6 is 0 Å². The Labute approximate surface area is 110 Å². The van der Waals surface area contributed by atoms with Gasteiger partial charge in [-0.3, -0.25) is 9.78 Å². The lowest BCUT2D eigenvalue weighted by Gasteiger charge is -2.13. The molecule has 2 aromatic rings. The summed E-state index contributed by atoms with van der Waals surface area (Å²) < 4.78 is 13.5. The molecule has 5 heteroatoms. The normalized spacial score (nSPS) is 12.4. The number of pyridine rings is 1. The van der Waals surface area contributed by atoms with Gasteiger partial charge < -0.3 is 10.4 Å². The molecular formula is C14H15FN2O2. The van der Waals surface area contributed by atoms with Crippen LogP contribution in [-0.2, 0) is 0 Å². The molecule has 0 spiro atoms. The molecule has 1 aromatic heterocycles. The number of carbonyl (C=O) groups is 1. The van der Waals surface area contributed by atoms with Crippen LogP contribution in [0.2, 0.25) is 0 Å². The van der Waals surface area contributed by atoms with Gasteiger partial charge in [-0.15, -0.1) is 0 Å². The van der Waals surface area contributed by atoms with E-state index in [0.717, 1.165) is 0 Å². The fourth-order valence-electron chi connectivity index (χ4n) is 1.90. The Kier molecular flexibility index (Phi) is 4.06. The van der Waals surface area contributed by atoms with Crippen molar-refractivity contribution in [3.05, 3.63) is 41.8 Å². The monoisotopic (exact) mass is 262 g/mol. The summed E-state index contributed by atoms with van der Waals surface area (Å²) in [6, 6.07) is 5.74. The van der Waals surface area contributed by atoms with Gasteiger partial charge in [-0.05, 0) is 31.5 Å². The standard InChI is InChI=1S/C14H15FN2O2/c1-9(4-6-18)17-14(19)12-8-11(15)7-10-3-2-5-16-13(10)12/h2-3,5,7-9,18H,4,6H2,1H3,(H,17,19). The fraction of sp³-hybridized carbons (Fsp3) is 0.286. The summed E-state index contributed by atoms with van der Waals surface area (Å²) in [6.45, 7) is 1.77. The second kappa shape index (κ2) is 5.75. The van der Waals surface area contributed by atoms with Gasteiger partial charge in [-0.2, -0.15) is 0 Å². The second-order valence-electron chi connectivity index (χ2n) is 4.42. The summed E-state index contributed by atoms with van der Waals surface area (Å²) >= 11 is 0. The SMILES string of the molecule is CC(CCO)NC(=O)c1cc(F)cc2cccnc12. The number of rotatable bonds is 4. The maximum atomic E-state index is 13.5. The number of amides is 1. The van der Waals surface area contributed by atoms with E-state index in [2.05, 4.69) is 10.3 Å². The second-order valence-corrected chi connectivity index (χ2v) is 4.42. The minimum Gasteiger partial charge on any atom is -0.396 e. The van der Waals surface area contributed by atoms with Gasteiger partial charge in [0, 0.05) is 24.2 Å². The predicted octanol–water partition coefficient (Wildman–Crippen LogP) is 1.87. The lowest BCUT2D eigenvalue weighted by atomic mass is 10.1. The summed E-state index contributed by atoms with van der Waals surface area (Å²) in [7, 11) is 0. The summed E-state index contributed by atoms with van der Waals surface area (Å²) in [4.78, 5) is 16.2. The molecule has 2 N–H and O–H groups in total. The lowest BCUT2D eigenvalue weighted by molar-refractivity contribution is 0.0935. The molecule has 100 valence electrons. The number of aliphatic hydroxyl groups excluding tert-OH is 1. The number of nitrogens with one attached hydrogen (secondary N) is 1. The molecule has 0 bridgehead atoms. The molecule has 0 radical (unpaired) electrons. The highest BCUT2D eigenvalue weighted by Crippen LogP contribution is 2.18. The van der Waals surface area contributed by atoms with Crippen molar-refractivity contribution in [1.82, 2.24) is 10.3 Å². The zero-order valence-electron chi connectivity index (χ0n) is 10.6. The first-order chi connectivity index (χ1) is 9.11. The number of nitrogens with zero attached hydrogens (tertiary/aromatic N) is 1. The van der Waals surface area contributed by atoms with E-state index < -0.39 is 5.82 Å². The van der Waals surface area contributed by atoms with Crippen molar-refractivity contribution in [3.8, 4) is 0 Å². The van der Waals surface area contributed by atoms with Gasteiger partial charge in [0.25, 0.3) is 5.91 Å². The van der Waals surface area contributed by atoms with E-state index in [1.165, 1.54) is 12.1 Å². The molecule has 2 rings (SSSR count). The number of carbonyl (C=O) groups excluding carboxylic acids is 1. The van der Waals surface area contributed by atoms with E-state index in [9.17, 15) is 9.18 Å². The van der Waals surface area contributed by atoms with Gasteiger partial charge in [0.2, 0.25) is 0 Å². The van der Waals surface area contributed by atoms with Crippen LogP contribution in [0.25, 0.3) is 10.9 Å². The van der Waals surface area contributed by atoms with Crippen molar-refractivity contribution >= 4 is 16.8 Å². The van der Waals surface area contributed by atoms with Gasteiger partial charge in [0.1, 0.15) is 5.82 Å². The third-order valence-corrected chi connectivity index (χ3v) is 2.85. The highest BCUT2D eigenvalue weighted by atomic mass is 19.1. The van der Waals surface area contributed by atoms with Crippen molar-refractivity contribution in [2.75, 3.05) is 6.61 Å². The number of hydrogen-bond acceptors (Lipinski definition) is 3. The van der Waals surface area contributed by atoms with Crippen LogP contribution in [0.4, 0.5) is 4.39 Å². The molecule has 0 aliphatic heterocycles. The Morgan fingerprint density at radius 2 is 2.32 bits per heavy atom. The van der Waals surface area contributed by atoms with Gasteiger partial charge >= 0.3 is 0 Å². The number of halogens is 1. The average Bonchev–Trinajstić information content (AvgIpc) is 2.37. The smallest absolute Gasteiger partial charge is 0.253 e. The van der Waals surface area contributed by atoms with Crippen molar-refractivity contribution < 1.29 is 14.3 Å². The fourth-order valence-corrected chi connectivity index (χ4v) is 1.90.